The molecule has 1 rings (SSSR count). The number of hydrogen-bond acceptors (Lipinski definition) is 4. The van der Waals surface area contributed by atoms with E-state index in [9.17, 15) is 9.59 Å². The Labute approximate surface area is 124 Å². The first-order valence-corrected chi connectivity index (χ1v) is 6.87. The zero-order chi connectivity index (χ0) is 16.0. The van der Waals surface area contributed by atoms with E-state index in [2.05, 4.69) is 4.98 Å². The number of ether oxygens (including phenoxy) is 1. The molecule has 1 heterocycles. The number of methoxy groups -OCH3 is 1. The van der Waals surface area contributed by atoms with Crippen LogP contribution < -0.4 is 4.74 Å². The van der Waals surface area contributed by atoms with Gasteiger partial charge in [-0.25, -0.2) is 4.98 Å². The first kappa shape index (κ1) is 16.9. The minimum Gasteiger partial charge on any atom is -0.481 e. The van der Waals surface area contributed by atoms with Gasteiger partial charge in [-0.2, -0.15) is 0 Å². The maximum atomic E-state index is 12.6. The van der Waals surface area contributed by atoms with E-state index in [0.717, 1.165) is 5.69 Å². The summed E-state index contributed by atoms with van der Waals surface area (Å²) in [4.78, 5) is 29.1. The number of aromatic nitrogens is 1. The zero-order valence-corrected chi connectivity index (χ0v) is 12.9. The number of pyridine rings is 1. The first-order chi connectivity index (χ1) is 9.85. The van der Waals surface area contributed by atoms with Crippen molar-refractivity contribution >= 4 is 11.9 Å². The normalized spacial score (nSPS) is 10.5. The highest BCUT2D eigenvalue weighted by Crippen LogP contribution is 2.19. The highest BCUT2D eigenvalue weighted by atomic mass is 16.5. The second kappa shape index (κ2) is 7.61. The molecule has 0 saturated carbocycles. The van der Waals surface area contributed by atoms with Crippen molar-refractivity contribution in [1.29, 1.82) is 0 Å². The summed E-state index contributed by atoms with van der Waals surface area (Å²) in [6, 6.07) is 3.40. The third-order valence-corrected chi connectivity index (χ3v) is 2.89. The van der Waals surface area contributed by atoms with Crippen LogP contribution in [-0.2, 0) is 4.79 Å². The fraction of sp³-hybridized carbons (Fsp3) is 0.533. The van der Waals surface area contributed by atoms with Gasteiger partial charge in [-0.05, 0) is 25.0 Å². The summed E-state index contributed by atoms with van der Waals surface area (Å²) in [5.74, 6) is -0.670. The fourth-order valence-corrected chi connectivity index (χ4v) is 1.97. The maximum absolute atomic E-state index is 12.6. The molecule has 1 N–H and O–H groups in total. The van der Waals surface area contributed by atoms with E-state index in [1.807, 2.05) is 20.8 Å². The van der Waals surface area contributed by atoms with E-state index in [1.54, 1.807) is 12.1 Å². The molecule has 0 radical (unpaired) electrons. The molecule has 116 valence electrons. The van der Waals surface area contributed by atoms with E-state index in [0.29, 0.717) is 12.1 Å². The van der Waals surface area contributed by atoms with Gasteiger partial charge < -0.3 is 14.7 Å². The summed E-state index contributed by atoms with van der Waals surface area (Å²) in [5.41, 5.74) is 1.11. The summed E-state index contributed by atoms with van der Waals surface area (Å²) >= 11 is 0. The van der Waals surface area contributed by atoms with Gasteiger partial charge in [-0.3, -0.25) is 9.59 Å². The van der Waals surface area contributed by atoms with Crippen molar-refractivity contribution in [2.24, 2.45) is 5.92 Å². The van der Waals surface area contributed by atoms with Crippen LogP contribution in [0.15, 0.2) is 12.1 Å². The molecular formula is C15H22N2O4. The Balaban J connectivity index is 3.00. The Hall–Kier alpha value is -2.11. The minimum atomic E-state index is -0.925. The Kier molecular flexibility index (Phi) is 6.14. The number of rotatable bonds is 7. The largest absolute Gasteiger partial charge is 0.481 e. The number of carboxylic acids is 1. The van der Waals surface area contributed by atoms with E-state index in [-0.39, 0.29) is 30.7 Å². The van der Waals surface area contributed by atoms with Gasteiger partial charge in [0.25, 0.3) is 5.91 Å². The molecule has 6 heteroatoms. The summed E-state index contributed by atoms with van der Waals surface area (Å²) in [6.45, 7) is 6.43. The average Bonchev–Trinajstić information content (AvgIpc) is 2.42. The Morgan fingerprint density at radius 2 is 2.05 bits per heavy atom. The quantitative estimate of drug-likeness (QED) is 0.831. The van der Waals surface area contributed by atoms with Crippen LogP contribution in [0.25, 0.3) is 0 Å². The molecule has 0 bridgehead atoms. The van der Waals surface area contributed by atoms with Crippen LogP contribution in [0.4, 0.5) is 0 Å². The molecule has 0 atom stereocenters. The highest BCUT2D eigenvalue weighted by Gasteiger charge is 2.22. The van der Waals surface area contributed by atoms with Crippen molar-refractivity contribution in [2.45, 2.75) is 27.2 Å². The number of aryl methyl sites for hydroxylation is 1. The van der Waals surface area contributed by atoms with Gasteiger partial charge in [-0.1, -0.05) is 13.8 Å². The predicted octanol–water partition coefficient (Wildman–Crippen LogP) is 1.97. The van der Waals surface area contributed by atoms with Crippen molar-refractivity contribution in [3.8, 4) is 5.88 Å². The standard InChI is InChI=1S/C15H22N2O4/c1-10(2)9-17(8-7-13(18)19)15(20)12-6-5-11(3)16-14(12)21-4/h5-6,10H,7-9H2,1-4H3,(H,18,19). The summed E-state index contributed by atoms with van der Waals surface area (Å²) in [7, 11) is 1.46. The third kappa shape index (κ3) is 5.06. The van der Waals surface area contributed by atoms with Crippen molar-refractivity contribution in [2.75, 3.05) is 20.2 Å². The Bertz CT molecular complexity index is 514. The third-order valence-electron chi connectivity index (χ3n) is 2.89. The molecule has 1 aromatic rings. The number of carbonyl (C=O) groups is 2. The van der Waals surface area contributed by atoms with Crippen molar-refractivity contribution in [3.05, 3.63) is 23.4 Å². The molecule has 0 aliphatic rings. The minimum absolute atomic E-state index is 0.0833. The second-order valence-electron chi connectivity index (χ2n) is 5.30. The molecular weight excluding hydrogens is 272 g/mol. The first-order valence-electron chi connectivity index (χ1n) is 6.87. The smallest absolute Gasteiger partial charge is 0.305 e. The van der Waals surface area contributed by atoms with E-state index in [4.69, 9.17) is 9.84 Å². The van der Waals surface area contributed by atoms with Gasteiger partial charge in [0, 0.05) is 18.8 Å². The van der Waals surface area contributed by atoms with Crippen LogP contribution in [0.1, 0.15) is 36.3 Å². The molecule has 0 unspecified atom stereocenters. The Morgan fingerprint density at radius 1 is 1.38 bits per heavy atom. The number of carboxylic acid groups (broad SMARTS) is 1. The number of nitrogens with zero attached hydrogens (tertiary/aromatic N) is 2. The lowest BCUT2D eigenvalue weighted by Gasteiger charge is -2.24. The van der Waals surface area contributed by atoms with E-state index in [1.165, 1.54) is 12.0 Å². The molecule has 0 fully saturated rings. The van der Waals surface area contributed by atoms with Gasteiger partial charge in [-0.15, -0.1) is 0 Å². The van der Waals surface area contributed by atoms with Crippen LogP contribution in [0.3, 0.4) is 0 Å². The molecule has 0 spiro atoms. The van der Waals surface area contributed by atoms with Gasteiger partial charge in [0.2, 0.25) is 5.88 Å². The van der Waals surface area contributed by atoms with Crippen molar-refractivity contribution < 1.29 is 19.4 Å². The molecule has 1 amide bonds. The lowest BCUT2D eigenvalue weighted by atomic mass is 10.1. The molecule has 0 aliphatic carbocycles. The zero-order valence-electron chi connectivity index (χ0n) is 12.9. The molecule has 21 heavy (non-hydrogen) atoms. The summed E-state index contributed by atoms with van der Waals surface area (Å²) in [5, 5.41) is 8.81. The highest BCUT2D eigenvalue weighted by molar-refractivity contribution is 5.96. The number of carbonyl (C=O) groups excluding carboxylic acids is 1. The lowest BCUT2D eigenvalue weighted by molar-refractivity contribution is -0.137. The second-order valence-corrected chi connectivity index (χ2v) is 5.30. The number of amides is 1. The van der Waals surface area contributed by atoms with Gasteiger partial charge in [0.1, 0.15) is 5.56 Å². The maximum Gasteiger partial charge on any atom is 0.305 e. The van der Waals surface area contributed by atoms with Crippen molar-refractivity contribution in [1.82, 2.24) is 9.88 Å². The van der Waals surface area contributed by atoms with Gasteiger partial charge in [0.05, 0.1) is 13.5 Å². The van der Waals surface area contributed by atoms with Gasteiger partial charge in [0.15, 0.2) is 0 Å². The molecule has 0 aromatic carbocycles. The van der Waals surface area contributed by atoms with Crippen molar-refractivity contribution in [3.63, 3.8) is 0 Å². The van der Waals surface area contributed by atoms with Crippen LogP contribution in [-0.4, -0.2) is 47.1 Å². The fourth-order valence-electron chi connectivity index (χ4n) is 1.97. The lowest BCUT2D eigenvalue weighted by Crippen LogP contribution is -2.36. The van der Waals surface area contributed by atoms with Crippen LogP contribution >= 0.6 is 0 Å². The number of aliphatic carboxylic acids is 1. The molecule has 1 aromatic heterocycles. The molecule has 0 saturated heterocycles. The number of hydrogen-bond donors (Lipinski definition) is 1. The van der Waals surface area contributed by atoms with E-state index >= 15 is 0 Å². The predicted molar refractivity (Wildman–Crippen MR) is 78.5 cm³/mol. The van der Waals surface area contributed by atoms with Gasteiger partial charge >= 0.3 is 5.97 Å². The topological polar surface area (TPSA) is 79.7 Å². The van der Waals surface area contributed by atoms with E-state index < -0.39 is 5.97 Å². The SMILES string of the molecule is COc1nc(C)ccc1C(=O)N(CCC(=O)O)CC(C)C. The Morgan fingerprint density at radius 3 is 2.57 bits per heavy atom. The summed E-state index contributed by atoms with van der Waals surface area (Å²) in [6.07, 6.45) is -0.0833. The monoisotopic (exact) mass is 294 g/mol. The molecule has 6 nitrogen and oxygen atoms in total. The van der Waals surface area contributed by atoms with Crippen LogP contribution in [0, 0.1) is 12.8 Å². The van der Waals surface area contributed by atoms with Crippen LogP contribution in [0.2, 0.25) is 0 Å². The molecule has 0 aliphatic heterocycles. The van der Waals surface area contributed by atoms with Crippen LogP contribution in [0.5, 0.6) is 5.88 Å². The summed E-state index contributed by atoms with van der Waals surface area (Å²) < 4.78 is 5.15. The average molecular weight is 294 g/mol.